The number of ether oxygens (including phenoxy) is 2. The number of allylic oxidation sites excluding steroid dienone is 1. The standard InChI is InChI=1S/C20H26F2O3/c1-3-5-6-14-7-9-15(10-8-14)20(23)25-17-12-11-16(24-13-4-2)18(21)19(17)22/h4,11-15H,3,5-10H2,1-2H3. The average Bonchev–Trinajstić information content (AvgIpc) is 2.63. The highest BCUT2D eigenvalue weighted by molar-refractivity contribution is 5.75. The van der Waals surface area contributed by atoms with Gasteiger partial charge in [0.2, 0.25) is 11.6 Å². The molecular weight excluding hydrogens is 326 g/mol. The second kappa shape index (κ2) is 9.54. The number of hydrogen-bond acceptors (Lipinski definition) is 3. The van der Waals surface area contributed by atoms with Gasteiger partial charge in [0, 0.05) is 0 Å². The number of benzene rings is 1. The number of rotatable bonds is 7. The minimum atomic E-state index is -1.20. The average molecular weight is 352 g/mol. The molecule has 0 atom stereocenters. The number of carbonyl (C=O) groups is 1. The van der Waals surface area contributed by atoms with Gasteiger partial charge in [-0.15, -0.1) is 0 Å². The van der Waals surface area contributed by atoms with Gasteiger partial charge in [0.15, 0.2) is 11.5 Å². The summed E-state index contributed by atoms with van der Waals surface area (Å²) in [6.45, 7) is 3.87. The van der Waals surface area contributed by atoms with Crippen molar-refractivity contribution in [3.05, 3.63) is 36.1 Å². The van der Waals surface area contributed by atoms with Gasteiger partial charge in [0.1, 0.15) is 0 Å². The fourth-order valence-corrected chi connectivity index (χ4v) is 3.20. The molecule has 0 aromatic heterocycles. The van der Waals surface area contributed by atoms with Crippen molar-refractivity contribution in [2.24, 2.45) is 11.8 Å². The number of esters is 1. The molecule has 0 aliphatic heterocycles. The molecule has 1 aliphatic carbocycles. The Morgan fingerprint density at radius 3 is 2.44 bits per heavy atom. The third kappa shape index (κ3) is 5.28. The maximum atomic E-state index is 14.1. The Balaban J connectivity index is 1.94. The largest absolute Gasteiger partial charge is 0.462 e. The molecule has 0 heterocycles. The topological polar surface area (TPSA) is 35.5 Å². The van der Waals surface area contributed by atoms with Crippen LogP contribution in [0.5, 0.6) is 11.5 Å². The highest BCUT2D eigenvalue weighted by Gasteiger charge is 2.28. The smallest absolute Gasteiger partial charge is 0.314 e. The minimum Gasteiger partial charge on any atom is -0.462 e. The van der Waals surface area contributed by atoms with E-state index >= 15 is 0 Å². The van der Waals surface area contributed by atoms with E-state index < -0.39 is 17.6 Å². The van der Waals surface area contributed by atoms with Crippen molar-refractivity contribution in [1.29, 1.82) is 0 Å². The first-order chi connectivity index (χ1) is 12.1. The third-order valence-corrected chi connectivity index (χ3v) is 4.70. The second-order valence-corrected chi connectivity index (χ2v) is 6.56. The Kier molecular flexibility index (Phi) is 7.41. The van der Waals surface area contributed by atoms with Gasteiger partial charge >= 0.3 is 5.97 Å². The van der Waals surface area contributed by atoms with Crippen LogP contribution in [0.3, 0.4) is 0 Å². The second-order valence-electron chi connectivity index (χ2n) is 6.56. The monoisotopic (exact) mass is 352 g/mol. The molecule has 1 aromatic carbocycles. The lowest BCUT2D eigenvalue weighted by molar-refractivity contribution is -0.140. The number of unbranched alkanes of at least 4 members (excludes halogenated alkanes) is 1. The molecule has 0 unspecified atom stereocenters. The van der Waals surface area contributed by atoms with Gasteiger partial charge in [0.25, 0.3) is 0 Å². The number of carbonyl (C=O) groups excluding carboxylic acids is 1. The van der Waals surface area contributed by atoms with Crippen LogP contribution in [0.15, 0.2) is 24.5 Å². The van der Waals surface area contributed by atoms with E-state index in [4.69, 9.17) is 9.47 Å². The van der Waals surface area contributed by atoms with Crippen molar-refractivity contribution in [2.45, 2.75) is 58.8 Å². The van der Waals surface area contributed by atoms with Crippen LogP contribution >= 0.6 is 0 Å². The Morgan fingerprint density at radius 2 is 1.80 bits per heavy atom. The van der Waals surface area contributed by atoms with Gasteiger partial charge in [-0.2, -0.15) is 8.78 Å². The van der Waals surface area contributed by atoms with Crippen LogP contribution in [0.4, 0.5) is 8.78 Å². The van der Waals surface area contributed by atoms with Crippen LogP contribution in [-0.2, 0) is 4.79 Å². The summed E-state index contributed by atoms with van der Waals surface area (Å²) >= 11 is 0. The van der Waals surface area contributed by atoms with Crippen LogP contribution in [0.1, 0.15) is 58.8 Å². The molecule has 25 heavy (non-hydrogen) atoms. The molecule has 1 fully saturated rings. The first kappa shape index (κ1) is 19.4. The number of hydrogen-bond donors (Lipinski definition) is 0. The van der Waals surface area contributed by atoms with E-state index in [1.807, 2.05) is 0 Å². The molecule has 0 spiro atoms. The van der Waals surface area contributed by atoms with E-state index in [1.165, 1.54) is 37.7 Å². The molecule has 0 saturated heterocycles. The summed E-state index contributed by atoms with van der Waals surface area (Å²) in [7, 11) is 0. The van der Waals surface area contributed by atoms with Gasteiger partial charge in [-0.1, -0.05) is 32.3 Å². The van der Waals surface area contributed by atoms with E-state index in [-0.39, 0.29) is 17.4 Å². The fraction of sp³-hybridized carbons (Fsp3) is 0.550. The molecule has 0 N–H and O–H groups in total. The summed E-state index contributed by atoms with van der Waals surface area (Å²) in [5.74, 6) is -3.04. The van der Waals surface area contributed by atoms with Gasteiger partial charge in [-0.3, -0.25) is 4.79 Å². The molecule has 1 aromatic rings. The maximum absolute atomic E-state index is 14.1. The highest BCUT2D eigenvalue weighted by Crippen LogP contribution is 2.34. The number of halogens is 2. The summed E-state index contributed by atoms with van der Waals surface area (Å²) in [6, 6.07) is 2.48. The Labute approximate surface area is 148 Å². The lowest BCUT2D eigenvalue weighted by atomic mass is 9.80. The fourth-order valence-electron chi connectivity index (χ4n) is 3.20. The summed E-state index contributed by atoms with van der Waals surface area (Å²) in [5.41, 5.74) is 0. The molecule has 3 nitrogen and oxygen atoms in total. The van der Waals surface area contributed by atoms with E-state index in [2.05, 4.69) is 6.92 Å². The first-order valence-corrected chi connectivity index (χ1v) is 9.04. The Morgan fingerprint density at radius 1 is 1.16 bits per heavy atom. The van der Waals surface area contributed by atoms with Gasteiger partial charge in [-0.25, -0.2) is 0 Å². The van der Waals surface area contributed by atoms with Gasteiger partial charge in [-0.05, 0) is 50.7 Å². The van der Waals surface area contributed by atoms with Crippen LogP contribution in [0, 0.1) is 23.5 Å². The molecule has 5 heteroatoms. The zero-order valence-corrected chi connectivity index (χ0v) is 14.9. The van der Waals surface area contributed by atoms with Crippen LogP contribution < -0.4 is 9.47 Å². The molecule has 0 bridgehead atoms. The van der Waals surface area contributed by atoms with E-state index in [0.29, 0.717) is 5.92 Å². The lowest BCUT2D eigenvalue weighted by Gasteiger charge is -2.27. The molecule has 2 rings (SSSR count). The van der Waals surface area contributed by atoms with Crippen molar-refractivity contribution in [3.63, 3.8) is 0 Å². The quantitative estimate of drug-likeness (QED) is 0.354. The first-order valence-electron chi connectivity index (χ1n) is 9.04. The summed E-state index contributed by atoms with van der Waals surface area (Å²) < 4.78 is 38.0. The van der Waals surface area contributed by atoms with E-state index in [9.17, 15) is 13.6 Å². The van der Waals surface area contributed by atoms with E-state index in [0.717, 1.165) is 25.7 Å². The molecular formula is C20H26F2O3. The van der Waals surface area contributed by atoms with Crippen LogP contribution in [-0.4, -0.2) is 5.97 Å². The minimum absolute atomic E-state index is 0.237. The molecule has 1 aliphatic rings. The highest BCUT2D eigenvalue weighted by atomic mass is 19.2. The van der Waals surface area contributed by atoms with Crippen molar-refractivity contribution < 1.29 is 23.0 Å². The summed E-state index contributed by atoms with van der Waals surface area (Å²) in [6.07, 6.45) is 9.89. The summed E-state index contributed by atoms with van der Waals surface area (Å²) in [4.78, 5) is 12.3. The van der Waals surface area contributed by atoms with Crippen molar-refractivity contribution in [1.82, 2.24) is 0 Å². The SMILES string of the molecule is CC=COc1ccc(OC(=O)C2CCC(CCCC)CC2)c(F)c1F. The third-order valence-electron chi connectivity index (χ3n) is 4.70. The zero-order chi connectivity index (χ0) is 18.2. The molecule has 0 amide bonds. The normalized spacial score (nSPS) is 20.6. The molecule has 138 valence electrons. The van der Waals surface area contributed by atoms with Gasteiger partial charge in [0.05, 0.1) is 12.2 Å². The van der Waals surface area contributed by atoms with Crippen molar-refractivity contribution in [2.75, 3.05) is 0 Å². The van der Waals surface area contributed by atoms with E-state index in [1.54, 1.807) is 13.0 Å². The Bertz CT molecular complexity index is 605. The van der Waals surface area contributed by atoms with Crippen LogP contribution in [0.25, 0.3) is 0 Å². The summed E-state index contributed by atoms with van der Waals surface area (Å²) in [5, 5.41) is 0. The predicted molar refractivity (Wildman–Crippen MR) is 92.4 cm³/mol. The van der Waals surface area contributed by atoms with Gasteiger partial charge < -0.3 is 9.47 Å². The molecule has 1 saturated carbocycles. The van der Waals surface area contributed by atoms with Crippen LogP contribution in [0.2, 0.25) is 0 Å². The zero-order valence-electron chi connectivity index (χ0n) is 14.9. The lowest BCUT2D eigenvalue weighted by Crippen LogP contribution is -2.26. The van der Waals surface area contributed by atoms with Crippen molar-refractivity contribution >= 4 is 5.97 Å². The van der Waals surface area contributed by atoms with Crippen molar-refractivity contribution in [3.8, 4) is 11.5 Å². The predicted octanol–water partition coefficient (Wildman–Crippen LogP) is 5.78. The molecule has 0 radical (unpaired) electrons. The Hall–Kier alpha value is -1.91. The maximum Gasteiger partial charge on any atom is 0.314 e.